The van der Waals surface area contributed by atoms with Crippen LogP contribution in [-0.2, 0) is 15.1 Å². The topological polar surface area (TPSA) is 90.5 Å². The lowest BCUT2D eigenvalue weighted by Gasteiger charge is -2.53. The van der Waals surface area contributed by atoms with E-state index in [1.165, 1.54) is 0 Å². The number of hydrogen-bond acceptors (Lipinski definition) is 5. The van der Waals surface area contributed by atoms with Crippen LogP contribution in [0.3, 0.4) is 0 Å². The van der Waals surface area contributed by atoms with Crippen LogP contribution in [0.2, 0.25) is 0 Å². The van der Waals surface area contributed by atoms with Gasteiger partial charge < -0.3 is 10.4 Å². The molecule has 8 heteroatoms. The summed E-state index contributed by atoms with van der Waals surface area (Å²) >= 11 is 4.98. The van der Waals surface area contributed by atoms with E-state index < -0.39 is 17.4 Å². The minimum absolute atomic E-state index is 0.0221. The van der Waals surface area contributed by atoms with E-state index in [9.17, 15) is 14.7 Å². The molecular formula is C16H21N4O3S+. The predicted molar refractivity (Wildman–Crippen MR) is 91.8 cm³/mol. The number of nitrogens with zero attached hydrogens (tertiary/aromatic N) is 1. The van der Waals surface area contributed by atoms with Crippen molar-refractivity contribution in [2.75, 3.05) is 39.3 Å². The average Bonchev–Trinajstić information content (AvgIpc) is 2.56. The summed E-state index contributed by atoms with van der Waals surface area (Å²) in [5.41, 5.74) is -0.855. The van der Waals surface area contributed by atoms with Gasteiger partial charge in [0.05, 0.1) is 19.7 Å². The van der Waals surface area contributed by atoms with Gasteiger partial charge in [-0.25, -0.2) is 0 Å². The van der Waals surface area contributed by atoms with E-state index in [1.54, 1.807) is 12.1 Å². The third-order valence-corrected chi connectivity index (χ3v) is 5.18. The van der Waals surface area contributed by atoms with E-state index >= 15 is 0 Å². The molecule has 0 aromatic heterocycles. The molecule has 24 heavy (non-hydrogen) atoms. The van der Waals surface area contributed by atoms with Crippen LogP contribution in [0.15, 0.2) is 30.3 Å². The molecule has 4 N–H and O–H groups in total. The number of thiocarbonyl (C=S) groups is 1. The van der Waals surface area contributed by atoms with Crippen molar-refractivity contribution in [2.45, 2.75) is 5.54 Å². The van der Waals surface area contributed by atoms with E-state index in [-0.39, 0.29) is 16.2 Å². The molecule has 1 aromatic carbocycles. The zero-order valence-electron chi connectivity index (χ0n) is 13.2. The molecule has 0 radical (unpaired) electrons. The number of amides is 2. The van der Waals surface area contributed by atoms with Crippen LogP contribution in [0.25, 0.3) is 0 Å². The van der Waals surface area contributed by atoms with Crippen molar-refractivity contribution >= 4 is 29.1 Å². The Morgan fingerprint density at radius 2 is 1.67 bits per heavy atom. The molecule has 128 valence electrons. The number of carbonyl (C=O) groups excluding carboxylic acids is 2. The Balaban J connectivity index is 2.23. The summed E-state index contributed by atoms with van der Waals surface area (Å²) in [6, 6.07) is 9.03. The third kappa shape index (κ3) is 2.42. The van der Waals surface area contributed by atoms with Crippen LogP contribution in [0.1, 0.15) is 5.56 Å². The highest BCUT2D eigenvalue weighted by molar-refractivity contribution is 7.80. The van der Waals surface area contributed by atoms with Gasteiger partial charge in [0.25, 0.3) is 5.54 Å². The van der Waals surface area contributed by atoms with Gasteiger partial charge in [-0.2, -0.15) is 0 Å². The van der Waals surface area contributed by atoms with Crippen LogP contribution in [-0.4, -0.2) is 65.8 Å². The predicted octanol–water partition coefficient (Wildman–Crippen LogP) is -1.17. The first-order valence-corrected chi connectivity index (χ1v) is 8.38. The molecule has 3 rings (SSSR count). The Hall–Kier alpha value is -1.87. The number of piperazine rings is 1. The molecule has 0 aliphatic carbocycles. The number of quaternary nitrogens is 1. The van der Waals surface area contributed by atoms with Gasteiger partial charge in [0.15, 0.2) is 5.11 Å². The molecule has 0 atom stereocenters. The molecule has 0 saturated carbocycles. The molecule has 0 unspecified atom stereocenters. The van der Waals surface area contributed by atoms with Crippen LogP contribution in [0, 0.1) is 0 Å². The summed E-state index contributed by atoms with van der Waals surface area (Å²) in [4.78, 5) is 26.3. The highest BCUT2D eigenvalue weighted by Gasteiger charge is 2.65. The van der Waals surface area contributed by atoms with Crippen molar-refractivity contribution in [3.8, 4) is 0 Å². The van der Waals surface area contributed by atoms with Crippen molar-refractivity contribution in [2.24, 2.45) is 0 Å². The maximum Gasteiger partial charge on any atom is 0.302 e. The molecule has 2 aliphatic heterocycles. The van der Waals surface area contributed by atoms with Gasteiger partial charge in [-0.05, 0) is 12.2 Å². The van der Waals surface area contributed by atoms with E-state index in [1.807, 2.05) is 18.2 Å². The van der Waals surface area contributed by atoms with Crippen LogP contribution in [0.4, 0.5) is 0 Å². The lowest BCUT2D eigenvalue weighted by Crippen LogP contribution is -2.80. The monoisotopic (exact) mass is 349 g/mol. The maximum absolute atomic E-state index is 13.1. The number of rotatable bonds is 4. The van der Waals surface area contributed by atoms with Crippen molar-refractivity contribution in [3.63, 3.8) is 0 Å². The molecule has 2 amide bonds. The Labute approximate surface area is 145 Å². The van der Waals surface area contributed by atoms with Crippen molar-refractivity contribution in [1.82, 2.24) is 16.0 Å². The second kappa shape index (κ2) is 6.56. The van der Waals surface area contributed by atoms with Gasteiger partial charge in [0.2, 0.25) is 0 Å². The normalized spacial score (nSPS) is 22.6. The summed E-state index contributed by atoms with van der Waals surface area (Å²) in [7, 11) is 0. The van der Waals surface area contributed by atoms with E-state index in [2.05, 4.69) is 16.0 Å². The Kier molecular flexibility index (Phi) is 4.64. The quantitative estimate of drug-likeness (QED) is 0.312. The number of hydrogen-bond donors (Lipinski definition) is 4. The Morgan fingerprint density at radius 3 is 2.21 bits per heavy atom. The van der Waals surface area contributed by atoms with Gasteiger partial charge in [0.1, 0.15) is 6.54 Å². The van der Waals surface area contributed by atoms with Crippen molar-refractivity contribution in [1.29, 1.82) is 0 Å². The molecular weight excluding hydrogens is 328 g/mol. The zero-order chi connectivity index (χ0) is 17.2. The highest BCUT2D eigenvalue weighted by atomic mass is 32.1. The van der Waals surface area contributed by atoms with Crippen LogP contribution >= 0.6 is 12.2 Å². The number of aliphatic hydroxyl groups excluding tert-OH is 1. The number of carbonyl (C=O) groups is 2. The molecule has 2 fully saturated rings. The fraction of sp³-hybridized carbons (Fsp3) is 0.438. The zero-order valence-corrected chi connectivity index (χ0v) is 14.1. The third-order valence-electron chi connectivity index (χ3n) is 4.98. The molecule has 0 spiro atoms. The first-order valence-electron chi connectivity index (χ1n) is 7.97. The lowest BCUT2D eigenvalue weighted by molar-refractivity contribution is -0.965. The summed E-state index contributed by atoms with van der Waals surface area (Å²) in [5, 5.41) is 18.2. The van der Waals surface area contributed by atoms with Crippen LogP contribution < -0.4 is 16.0 Å². The summed E-state index contributed by atoms with van der Waals surface area (Å²) in [6.45, 7) is 2.65. The summed E-state index contributed by atoms with van der Waals surface area (Å²) in [6.07, 6.45) is 0. The molecule has 2 heterocycles. The van der Waals surface area contributed by atoms with E-state index in [0.29, 0.717) is 38.3 Å². The minimum atomic E-state index is -1.46. The molecule has 0 bridgehead atoms. The number of benzene rings is 1. The first kappa shape index (κ1) is 17.0. The van der Waals surface area contributed by atoms with Gasteiger partial charge >= 0.3 is 11.8 Å². The van der Waals surface area contributed by atoms with Crippen LogP contribution in [0.5, 0.6) is 0 Å². The molecule has 2 aliphatic rings. The van der Waals surface area contributed by atoms with Crippen molar-refractivity contribution in [3.05, 3.63) is 35.9 Å². The second-order valence-corrected chi connectivity index (χ2v) is 6.51. The largest absolute Gasteiger partial charge is 0.391 e. The highest BCUT2D eigenvalue weighted by Crippen LogP contribution is 2.38. The van der Waals surface area contributed by atoms with Gasteiger partial charge in [-0.15, -0.1) is 0 Å². The number of nitrogens with one attached hydrogen (secondary N) is 3. The van der Waals surface area contributed by atoms with E-state index in [0.717, 1.165) is 0 Å². The molecule has 1 aromatic rings. The lowest BCUT2D eigenvalue weighted by atomic mass is 9.81. The van der Waals surface area contributed by atoms with Gasteiger partial charge in [0, 0.05) is 18.7 Å². The second-order valence-electron chi connectivity index (χ2n) is 6.10. The first-order chi connectivity index (χ1) is 11.6. The summed E-state index contributed by atoms with van der Waals surface area (Å²) in [5.74, 6) is -0.865. The average molecular weight is 349 g/mol. The van der Waals surface area contributed by atoms with E-state index in [4.69, 9.17) is 12.2 Å². The minimum Gasteiger partial charge on any atom is -0.391 e. The number of aliphatic hydroxyl groups is 1. The Bertz CT molecular complexity index is 633. The van der Waals surface area contributed by atoms with Gasteiger partial charge in [-0.3, -0.25) is 24.7 Å². The maximum atomic E-state index is 13.1. The fourth-order valence-electron chi connectivity index (χ4n) is 3.91. The standard InChI is InChI=1S/C16H20N4O3S/c21-11-10-20(8-6-17-7-9-20)16(12-4-2-1-3-5-12)13(22)18-15(24)19-14(16)23/h1-5,17,21H,6-11H2,(H-,18,19,22,23,24)/p+1. The SMILES string of the molecule is O=C1NC(=S)NC(=O)C1(c1ccccc1)[N+]1(CCO)CCNCC1. The smallest absolute Gasteiger partial charge is 0.302 e. The fourth-order valence-corrected chi connectivity index (χ4v) is 4.09. The summed E-state index contributed by atoms with van der Waals surface area (Å²) < 4.78 is 0.167. The Morgan fingerprint density at radius 1 is 1.08 bits per heavy atom. The van der Waals surface area contributed by atoms with Gasteiger partial charge in [-0.1, -0.05) is 30.3 Å². The molecule has 7 nitrogen and oxygen atoms in total. The van der Waals surface area contributed by atoms with Crippen molar-refractivity contribution < 1.29 is 19.2 Å². The molecule has 2 saturated heterocycles.